The van der Waals surface area contributed by atoms with Gasteiger partial charge in [0, 0.05) is 43.7 Å². The number of nitrogens with zero attached hydrogens (tertiary/aromatic N) is 2. The molecule has 3 saturated heterocycles. The number of esters is 1. The first-order valence-corrected chi connectivity index (χ1v) is 24.4. The number of hydrogen-bond acceptors (Lipinski definition) is 9. The first kappa shape index (κ1) is 49.8. The Morgan fingerprint density at radius 1 is 0.651 bits per heavy atom. The van der Waals surface area contributed by atoms with Gasteiger partial charge in [0.2, 0.25) is 0 Å². The fourth-order valence-corrected chi connectivity index (χ4v) is 8.94. The minimum atomic E-state index is -0.318. The van der Waals surface area contributed by atoms with E-state index in [1.165, 1.54) is 103 Å². The quantitative estimate of drug-likeness (QED) is 0.0677. The summed E-state index contributed by atoms with van der Waals surface area (Å²) >= 11 is 0. The van der Waals surface area contributed by atoms with Crippen molar-refractivity contribution in [3.05, 3.63) is 95.6 Å². The number of carbonyl (C=O) groups excluding carboxylic acids is 2. The van der Waals surface area contributed by atoms with Crippen molar-refractivity contribution in [1.82, 2.24) is 15.1 Å². The number of ether oxygens (including phenoxy) is 4. The van der Waals surface area contributed by atoms with Crippen LogP contribution in [0.5, 0.6) is 17.2 Å². The van der Waals surface area contributed by atoms with Gasteiger partial charge in [-0.2, -0.15) is 0 Å². The molecule has 3 heterocycles. The van der Waals surface area contributed by atoms with Crippen molar-refractivity contribution < 1.29 is 28.5 Å². The van der Waals surface area contributed by atoms with Crippen molar-refractivity contribution in [2.24, 2.45) is 17.8 Å². The van der Waals surface area contributed by atoms with E-state index in [4.69, 9.17) is 14.2 Å². The number of benzene rings is 3. The van der Waals surface area contributed by atoms with E-state index in [1.54, 1.807) is 12.1 Å². The SMILES string of the molecule is CC1CC(C)CN(CCCOc2ccc(C(=O)C3CC3)cc2)C1.CC=Cc1ccc(OCCCCC2CCCCN2)cc1.COC(=O)c1ccc(OCCCN2CCCCC2)cc1. The summed E-state index contributed by atoms with van der Waals surface area (Å²) in [5.74, 6) is 4.55. The summed E-state index contributed by atoms with van der Waals surface area (Å²) in [6.07, 6.45) is 21.6. The Morgan fingerprint density at radius 2 is 1.21 bits per heavy atom. The standard InChI is InChI=1S/C20H29NO2.C18H27NO.C16H23NO3/c1-15-12-16(2)14-21(13-15)10-3-11-23-19-8-6-18(7-9-19)20(22)17-4-5-17;1-2-7-16-10-12-18(13-11-16)20-15-6-4-9-17-8-3-5-14-19-17;1-19-16(18)14-6-8-15(9-7-14)20-13-5-12-17-10-3-2-4-11-17/h6-9,15-17H,3-5,10-14H2,1-2H3;2,7,10-13,17,19H,3-6,8-9,14-15H2,1H3;6-9H,2-5,10-13H2,1H3. The van der Waals surface area contributed by atoms with Crippen molar-refractivity contribution in [2.45, 2.75) is 117 Å². The molecule has 4 fully saturated rings. The molecule has 9 nitrogen and oxygen atoms in total. The largest absolute Gasteiger partial charge is 0.494 e. The van der Waals surface area contributed by atoms with Crippen LogP contribution in [-0.4, -0.2) is 100 Å². The summed E-state index contributed by atoms with van der Waals surface area (Å²) in [6, 6.07) is 23.8. The third-order valence-electron chi connectivity index (χ3n) is 12.4. The third kappa shape index (κ3) is 19.6. The molecule has 7 rings (SSSR count). The lowest BCUT2D eigenvalue weighted by Gasteiger charge is -2.34. The molecule has 3 aliphatic heterocycles. The molecule has 0 spiro atoms. The molecular weight excluding hydrogens is 787 g/mol. The van der Waals surface area contributed by atoms with Crippen molar-refractivity contribution in [3.63, 3.8) is 0 Å². The first-order chi connectivity index (χ1) is 30.8. The van der Waals surface area contributed by atoms with Gasteiger partial charge in [-0.3, -0.25) is 4.79 Å². The number of hydrogen-bond donors (Lipinski definition) is 1. The van der Waals surface area contributed by atoms with Crippen molar-refractivity contribution in [3.8, 4) is 17.2 Å². The number of ketones is 1. The molecule has 0 aromatic heterocycles. The van der Waals surface area contributed by atoms with Crippen LogP contribution in [0.25, 0.3) is 6.08 Å². The molecule has 3 aromatic carbocycles. The zero-order valence-corrected chi connectivity index (χ0v) is 39.2. The van der Waals surface area contributed by atoms with E-state index >= 15 is 0 Å². The van der Waals surface area contributed by atoms with E-state index < -0.39 is 0 Å². The summed E-state index contributed by atoms with van der Waals surface area (Å²) in [5, 5.41) is 3.60. The maximum Gasteiger partial charge on any atom is 0.337 e. The lowest BCUT2D eigenvalue weighted by atomic mass is 9.92. The van der Waals surface area contributed by atoms with Crippen LogP contribution in [0.4, 0.5) is 0 Å². The van der Waals surface area contributed by atoms with E-state index in [2.05, 4.69) is 70.1 Å². The Balaban J connectivity index is 0.000000179. The van der Waals surface area contributed by atoms with E-state index in [9.17, 15) is 9.59 Å². The van der Waals surface area contributed by atoms with Gasteiger partial charge in [0.1, 0.15) is 17.2 Å². The number of allylic oxidation sites excluding steroid dienone is 1. The maximum absolute atomic E-state index is 12.0. The molecule has 4 aliphatic rings. The molecule has 9 heteroatoms. The zero-order valence-electron chi connectivity index (χ0n) is 39.2. The second kappa shape index (κ2) is 28.6. The minimum absolute atomic E-state index is 0.288. The molecule has 1 saturated carbocycles. The Labute approximate surface area is 380 Å². The molecule has 346 valence electrons. The van der Waals surface area contributed by atoms with Gasteiger partial charge in [-0.25, -0.2) is 4.79 Å². The molecule has 0 bridgehead atoms. The highest BCUT2D eigenvalue weighted by Crippen LogP contribution is 2.33. The van der Waals surface area contributed by atoms with Crippen LogP contribution in [0.1, 0.15) is 137 Å². The van der Waals surface area contributed by atoms with Crippen molar-refractivity contribution in [1.29, 1.82) is 0 Å². The van der Waals surface area contributed by atoms with Crippen molar-refractivity contribution in [2.75, 3.05) is 72.7 Å². The van der Waals surface area contributed by atoms with Crippen LogP contribution in [-0.2, 0) is 4.74 Å². The first-order valence-electron chi connectivity index (χ1n) is 24.4. The Hall–Kier alpha value is -4.18. The van der Waals surface area contributed by atoms with Gasteiger partial charge in [-0.15, -0.1) is 0 Å². The highest BCUT2D eigenvalue weighted by molar-refractivity contribution is 5.99. The van der Waals surface area contributed by atoms with Gasteiger partial charge in [0.05, 0.1) is 32.5 Å². The second-order valence-electron chi connectivity index (χ2n) is 18.3. The van der Waals surface area contributed by atoms with E-state index in [0.717, 1.165) is 99.1 Å². The number of carbonyl (C=O) groups is 2. The number of Topliss-reactive ketones (excluding diaryl/α,β-unsaturated/α-hetero) is 1. The lowest BCUT2D eigenvalue weighted by Crippen LogP contribution is -2.39. The summed E-state index contributed by atoms with van der Waals surface area (Å²) in [7, 11) is 1.38. The maximum atomic E-state index is 12.0. The molecule has 0 radical (unpaired) electrons. The fraction of sp³-hybridized carbons (Fsp3) is 0.593. The predicted octanol–water partition coefficient (Wildman–Crippen LogP) is 11.2. The number of rotatable bonds is 20. The third-order valence-corrected chi connectivity index (χ3v) is 12.4. The van der Waals surface area contributed by atoms with Crippen LogP contribution in [0.3, 0.4) is 0 Å². The number of likely N-dealkylation sites (tertiary alicyclic amines) is 2. The number of methoxy groups -OCH3 is 1. The Morgan fingerprint density at radius 3 is 1.75 bits per heavy atom. The topological polar surface area (TPSA) is 89.6 Å². The predicted molar refractivity (Wildman–Crippen MR) is 257 cm³/mol. The molecule has 63 heavy (non-hydrogen) atoms. The smallest absolute Gasteiger partial charge is 0.337 e. The van der Waals surface area contributed by atoms with Crippen LogP contribution < -0.4 is 19.5 Å². The highest BCUT2D eigenvalue weighted by atomic mass is 16.5. The summed E-state index contributed by atoms with van der Waals surface area (Å²) in [4.78, 5) is 28.3. The van der Waals surface area contributed by atoms with Gasteiger partial charge < -0.3 is 34.1 Å². The molecular formula is C54H79N3O6. The minimum Gasteiger partial charge on any atom is -0.494 e. The molecule has 0 amide bonds. The van der Waals surface area contributed by atoms with Gasteiger partial charge in [0.15, 0.2) is 5.78 Å². The number of nitrogens with one attached hydrogen (secondary N) is 1. The number of piperidine rings is 3. The van der Waals surface area contributed by atoms with E-state index in [0.29, 0.717) is 18.0 Å². The second-order valence-corrected chi connectivity index (χ2v) is 18.3. The summed E-state index contributed by atoms with van der Waals surface area (Å²) in [5.41, 5.74) is 2.60. The van der Waals surface area contributed by atoms with Crippen LogP contribution in [0.15, 0.2) is 78.9 Å². The monoisotopic (exact) mass is 866 g/mol. The van der Waals surface area contributed by atoms with Crippen LogP contribution >= 0.6 is 0 Å². The summed E-state index contributed by atoms with van der Waals surface area (Å²) < 4.78 is 22.0. The zero-order chi connectivity index (χ0) is 44.5. The van der Waals surface area contributed by atoms with Crippen LogP contribution in [0.2, 0.25) is 0 Å². The number of unbranched alkanes of at least 4 members (excludes halogenated alkanes) is 1. The van der Waals surface area contributed by atoms with Gasteiger partial charge in [-0.05, 0) is 182 Å². The average Bonchev–Trinajstić information content (AvgIpc) is 4.17. The van der Waals surface area contributed by atoms with Crippen molar-refractivity contribution >= 4 is 17.8 Å². The van der Waals surface area contributed by atoms with E-state index in [-0.39, 0.29) is 11.9 Å². The highest BCUT2D eigenvalue weighted by Gasteiger charge is 2.30. The lowest BCUT2D eigenvalue weighted by molar-refractivity contribution is 0.0600. The van der Waals surface area contributed by atoms with Gasteiger partial charge in [0.25, 0.3) is 0 Å². The molecule has 1 N–H and O–H groups in total. The van der Waals surface area contributed by atoms with E-state index in [1.807, 2.05) is 43.3 Å². The van der Waals surface area contributed by atoms with Gasteiger partial charge in [-0.1, -0.05) is 51.0 Å². The Kier molecular flexibility index (Phi) is 22.6. The van der Waals surface area contributed by atoms with Gasteiger partial charge >= 0.3 is 5.97 Å². The summed E-state index contributed by atoms with van der Waals surface area (Å²) in [6.45, 7) is 17.4. The normalized spacial score (nSPS) is 20.4. The average molecular weight is 866 g/mol. The van der Waals surface area contributed by atoms with Crippen LogP contribution in [0, 0.1) is 17.8 Å². The molecule has 1 aliphatic carbocycles. The fourth-order valence-electron chi connectivity index (χ4n) is 8.94. The molecule has 3 unspecified atom stereocenters. The molecule has 3 atom stereocenters. The molecule has 3 aromatic rings. The Bertz CT molecular complexity index is 1720.